The van der Waals surface area contributed by atoms with Crippen molar-refractivity contribution in [3.63, 3.8) is 0 Å². The molecule has 1 saturated carbocycles. The zero-order valence-electron chi connectivity index (χ0n) is 13.6. The van der Waals surface area contributed by atoms with Crippen molar-refractivity contribution in [3.05, 3.63) is 30.1 Å². The molecule has 1 heterocycles. The van der Waals surface area contributed by atoms with Gasteiger partial charge >= 0.3 is 0 Å². The lowest BCUT2D eigenvalue weighted by Gasteiger charge is -2.31. The summed E-state index contributed by atoms with van der Waals surface area (Å²) in [7, 11) is 0. The van der Waals surface area contributed by atoms with Gasteiger partial charge in [0.1, 0.15) is 5.82 Å². The molecule has 1 fully saturated rings. The van der Waals surface area contributed by atoms with E-state index in [9.17, 15) is 4.79 Å². The summed E-state index contributed by atoms with van der Waals surface area (Å²) in [5.41, 5.74) is 1.79. The number of hydrogen-bond donors (Lipinski definition) is 2. The number of H-pyrrole nitrogens is 1. The van der Waals surface area contributed by atoms with Crippen LogP contribution < -0.4 is 5.32 Å². The number of carbonyl (C=O) groups is 1. The number of fused-ring (bicyclic) bond motifs is 1. The first-order valence-electron chi connectivity index (χ1n) is 8.19. The van der Waals surface area contributed by atoms with Gasteiger partial charge < -0.3 is 10.3 Å². The summed E-state index contributed by atoms with van der Waals surface area (Å²) in [6, 6.07) is 8.40. The number of rotatable bonds is 2. The van der Waals surface area contributed by atoms with Crippen molar-refractivity contribution in [1.29, 1.82) is 0 Å². The first-order valence-corrected chi connectivity index (χ1v) is 8.19. The predicted octanol–water partition coefficient (Wildman–Crippen LogP) is 3.75. The molecule has 22 heavy (non-hydrogen) atoms. The van der Waals surface area contributed by atoms with Gasteiger partial charge in [0.2, 0.25) is 5.91 Å². The predicted molar refractivity (Wildman–Crippen MR) is 88.7 cm³/mol. The van der Waals surface area contributed by atoms with Crippen molar-refractivity contribution in [2.75, 3.05) is 0 Å². The van der Waals surface area contributed by atoms with Gasteiger partial charge in [0.15, 0.2) is 0 Å². The van der Waals surface area contributed by atoms with E-state index >= 15 is 0 Å². The number of nitrogens with zero attached hydrogens (tertiary/aromatic N) is 1. The molecule has 0 aliphatic heterocycles. The minimum atomic E-state index is -0.327. The van der Waals surface area contributed by atoms with E-state index in [-0.39, 0.29) is 17.4 Å². The van der Waals surface area contributed by atoms with Gasteiger partial charge in [0.05, 0.1) is 11.0 Å². The molecule has 1 aromatic heterocycles. The molecule has 2 aromatic rings. The molecule has 4 heteroatoms. The summed E-state index contributed by atoms with van der Waals surface area (Å²) in [5.74, 6) is 1.62. The smallest absolute Gasteiger partial charge is 0.225 e. The summed E-state index contributed by atoms with van der Waals surface area (Å²) >= 11 is 0. The first-order chi connectivity index (χ1) is 10.4. The highest BCUT2D eigenvalue weighted by atomic mass is 16.2. The Morgan fingerprint density at radius 1 is 1.27 bits per heavy atom. The Kier molecular flexibility index (Phi) is 3.94. The Labute approximate surface area is 131 Å². The van der Waals surface area contributed by atoms with Crippen molar-refractivity contribution in [2.45, 2.75) is 58.4 Å². The van der Waals surface area contributed by atoms with Crippen LogP contribution in [0.1, 0.15) is 58.2 Å². The van der Waals surface area contributed by atoms with E-state index in [0.717, 1.165) is 42.5 Å². The van der Waals surface area contributed by atoms with Crippen LogP contribution >= 0.6 is 0 Å². The minimum absolute atomic E-state index is 0.141. The number of nitrogens with one attached hydrogen (secondary N) is 2. The maximum absolute atomic E-state index is 12.2. The van der Waals surface area contributed by atoms with Crippen LogP contribution in [0.5, 0.6) is 0 Å². The minimum Gasteiger partial charge on any atom is -0.353 e. The third-order valence-electron chi connectivity index (χ3n) is 4.49. The monoisotopic (exact) mass is 299 g/mol. The van der Waals surface area contributed by atoms with Crippen molar-refractivity contribution >= 4 is 16.9 Å². The molecule has 0 radical (unpaired) electrons. The molecule has 1 aliphatic carbocycles. The van der Waals surface area contributed by atoms with Crippen molar-refractivity contribution in [1.82, 2.24) is 15.3 Å². The van der Waals surface area contributed by atoms with E-state index < -0.39 is 0 Å². The van der Waals surface area contributed by atoms with Gasteiger partial charge in [0, 0.05) is 17.4 Å². The van der Waals surface area contributed by atoms with Gasteiger partial charge in [-0.05, 0) is 31.4 Å². The van der Waals surface area contributed by atoms with Gasteiger partial charge in [-0.3, -0.25) is 4.79 Å². The quantitative estimate of drug-likeness (QED) is 0.887. The van der Waals surface area contributed by atoms with E-state index in [1.54, 1.807) is 0 Å². The summed E-state index contributed by atoms with van der Waals surface area (Å²) in [4.78, 5) is 20.4. The van der Waals surface area contributed by atoms with Gasteiger partial charge in [0.25, 0.3) is 0 Å². The van der Waals surface area contributed by atoms with Crippen LogP contribution in [0.4, 0.5) is 0 Å². The zero-order chi connectivity index (χ0) is 15.7. The van der Waals surface area contributed by atoms with E-state index in [1.807, 2.05) is 39.0 Å². The molecule has 0 bridgehead atoms. The molecule has 3 rings (SSSR count). The van der Waals surface area contributed by atoms with Gasteiger partial charge in [-0.1, -0.05) is 39.3 Å². The average Bonchev–Trinajstić information content (AvgIpc) is 2.90. The molecule has 1 amide bonds. The third kappa shape index (κ3) is 3.16. The van der Waals surface area contributed by atoms with Crippen LogP contribution in [0.25, 0.3) is 11.0 Å². The fraction of sp³-hybridized carbons (Fsp3) is 0.556. The maximum Gasteiger partial charge on any atom is 0.225 e. The highest BCUT2D eigenvalue weighted by molar-refractivity contribution is 5.81. The number of benzene rings is 1. The number of imidazole rings is 1. The standard InChI is InChI=1S/C18H25N3O/c1-18(2,3)17(22)19-13-8-6-7-12(11-13)16-20-14-9-4-5-10-15(14)21-16/h4-5,9-10,12-13H,6-8,11H2,1-3H3,(H,19,22)(H,20,21). The normalized spacial score (nSPS) is 22.7. The van der Waals surface area contributed by atoms with Crippen LogP contribution in [-0.2, 0) is 4.79 Å². The Morgan fingerprint density at radius 2 is 2.05 bits per heavy atom. The lowest BCUT2D eigenvalue weighted by molar-refractivity contribution is -0.129. The molecule has 2 atom stereocenters. The Bertz CT molecular complexity index is 635. The maximum atomic E-state index is 12.2. The van der Waals surface area contributed by atoms with E-state index in [0.29, 0.717) is 5.92 Å². The number of aromatic amines is 1. The van der Waals surface area contributed by atoms with Crippen LogP contribution in [-0.4, -0.2) is 21.9 Å². The largest absolute Gasteiger partial charge is 0.353 e. The second kappa shape index (κ2) is 5.75. The van der Waals surface area contributed by atoms with E-state index in [4.69, 9.17) is 4.98 Å². The Morgan fingerprint density at radius 3 is 2.77 bits per heavy atom. The summed E-state index contributed by atoms with van der Waals surface area (Å²) in [5, 5.41) is 3.21. The number of carbonyl (C=O) groups excluding carboxylic acids is 1. The molecule has 0 saturated heterocycles. The first kappa shape index (κ1) is 15.1. The number of aromatic nitrogens is 2. The fourth-order valence-electron chi connectivity index (χ4n) is 3.14. The zero-order valence-corrected chi connectivity index (χ0v) is 13.6. The molecule has 1 aromatic carbocycles. The highest BCUT2D eigenvalue weighted by Gasteiger charge is 2.29. The molecular weight excluding hydrogens is 274 g/mol. The SMILES string of the molecule is CC(C)(C)C(=O)NC1CCCC(c2nc3ccccc3[nH]2)C1. The summed E-state index contributed by atoms with van der Waals surface area (Å²) in [6.07, 6.45) is 4.32. The second-order valence-electron chi connectivity index (χ2n) is 7.42. The van der Waals surface area contributed by atoms with Gasteiger partial charge in [-0.15, -0.1) is 0 Å². The molecule has 4 nitrogen and oxygen atoms in total. The van der Waals surface area contributed by atoms with Gasteiger partial charge in [-0.2, -0.15) is 0 Å². The summed E-state index contributed by atoms with van der Waals surface area (Å²) in [6.45, 7) is 5.88. The number of para-hydroxylation sites is 2. The average molecular weight is 299 g/mol. The van der Waals surface area contributed by atoms with Crippen LogP contribution in [0.2, 0.25) is 0 Å². The molecule has 2 unspecified atom stereocenters. The number of hydrogen-bond acceptors (Lipinski definition) is 2. The van der Waals surface area contributed by atoms with Crippen LogP contribution in [0.15, 0.2) is 24.3 Å². The van der Waals surface area contributed by atoms with Crippen LogP contribution in [0, 0.1) is 5.41 Å². The fourth-order valence-corrected chi connectivity index (χ4v) is 3.14. The van der Waals surface area contributed by atoms with Gasteiger partial charge in [-0.25, -0.2) is 4.98 Å². The Hall–Kier alpha value is -1.84. The van der Waals surface area contributed by atoms with Crippen molar-refractivity contribution in [3.8, 4) is 0 Å². The molecule has 1 aliphatic rings. The van der Waals surface area contributed by atoms with E-state index in [2.05, 4.69) is 16.4 Å². The highest BCUT2D eigenvalue weighted by Crippen LogP contribution is 2.32. The van der Waals surface area contributed by atoms with E-state index in [1.165, 1.54) is 0 Å². The van der Waals surface area contributed by atoms with Crippen molar-refractivity contribution in [2.24, 2.45) is 5.41 Å². The molecule has 0 spiro atoms. The van der Waals surface area contributed by atoms with Crippen LogP contribution in [0.3, 0.4) is 0 Å². The van der Waals surface area contributed by atoms with Crippen molar-refractivity contribution < 1.29 is 4.79 Å². The molecular formula is C18H25N3O. The summed E-state index contributed by atoms with van der Waals surface area (Å²) < 4.78 is 0. The number of amides is 1. The second-order valence-corrected chi connectivity index (χ2v) is 7.42. The lowest BCUT2D eigenvalue weighted by Crippen LogP contribution is -2.43. The lowest BCUT2D eigenvalue weighted by atomic mass is 9.84. The molecule has 118 valence electrons. The molecule has 2 N–H and O–H groups in total. The topological polar surface area (TPSA) is 57.8 Å². The third-order valence-corrected chi connectivity index (χ3v) is 4.49. The Balaban J connectivity index is 1.71.